The number of anilines is 1. The summed E-state index contributed by atoms with van der Waals surface area (Å²) in [6, 6.07) is 15.6. The first kappa shape index (κ1) is 21.8. The molecule has 0 unspecified atom stereocenters. The zero-order valence-corrected chi connectivity index (χ0v) is 16.3. The van der Waals surface area contributed by atoms with Crippen LogP contribution in [-0.4, -0.2) is 36.7 Å². The predicted octanol–water partition coefficient (Wildman–Crippen LogP) is 2.51. The molecule has 0 aliphatic heterocycles. The van der Waals surface area contributed by atoms with E-state index in [9.17, 15) is 19.2 Å². The molecule has 0 fully saturated rings. The Morgan fingerprint density at radius 2 is 1.59 bits per heavy atom. The molecule has 0 heterocycles. The zero-order valence-electron chi connectivity index (χ0n) is 16.3. The Morgan fingerprint density at radius 1 is 0.897 bits per heavy atom. The molecule has 0 saturated heterocycles. The second-order valence-corrected chi connectivity index (χ2v) is 6.33. The SMILES string of the molecule is CCC(=O)Nc1ccc(C(=O)COC(=O)CCNC(=O)Cc2ccccc2)cc1. The molecular weight excluding hydrogens is 372 g/mol. The van der Waals surface area contributed by atoms with Crippen molar-refractivity contribution in [2.45, 2.75) is 26.2 Å². The number of carbonyl (C=O) groups excluding carboxylic acids is 4. The number of esters is 1. The maximum Gasteiger partial charge on any atom is 0.308 e. The number of ketones is 1. The topological polar surface area (TPSA) is 102 Å². The minimum absolute atomic E-state index is 0.0181. The zero-order chi connectivity index (χ0) is 21.1. The summed E-state index contributed by atoms with van der Waals surface area (Å²) in [5.41, 5.74) is 1.86. The fourth-order valence-corrected chi connectivity index (χ4v) is 2.44. The van der Waals surface area contributed by atoms with Gasteiger partial charge in [-0.1, -0.05) is 37.3 Å². The first-order chi connectivity index (χ1) is 14.0. The van der Waals surface area contributed by atoms with E-state index in [4.69, 9.17) is 4.74 Å². The molecule has 2 aromatic rings. The van der Waals surface area contributed by atoms with Gasteiger partial charge in [0, 0.05) is 24.2 Å². The fraction of sp³-hybridized carbons (Fsp3) is 0.273. The Hall–Kier alpha value is -3.48. The lowest BCUT2D eigenvalue weighted by atomic mass is 10.1. The van der Waals surface area contributed by atoms with Crippen LogP contribution in [-0.2, 0) is 25.5 Å². The first-order valence-corrected chi connectivity index (χ1v) is 9.37. The molecule has 2 rings (SSSR count). The molecule has 29 heavy (non-hydrogen) atoms. The quantitative estimate of drug-likeness (QED) is 0.475. The van der Waals surface area contributed by atoms with E-state index in [1.54, 1.807) is 31.2 Å². The summed E-state index contributed by atoms with van der Waals surface area (Å²) in [5.74, 6) is -1.21. The molecular formula is C22H24N2O5. The van der Waals surface area contributed by atoms with Gasteiger partial charge in [-0.05, 0) is 29.8 Å². The Morgan fingerprint density at radius 3 is 2.24 bits per heavy atom. The summed E-state index contributed by atoms with van der Waals surface area (Å²) in [4.78, 5) is 47.0. The van der Waals surface area contributed by atoms with E-state index < -0.39 is 5.97 Å². The molecule has 2 aromatic carbocycles. The van der Waals surface area contributed by atoms with Crippen molar-refractivity contribution in [1.29, 1.82) is 0 Å². The molecule has 0 aliphatic rings. The molecule has 7 nitrogen and oxygen atoms in total. The average Bonchev–Trinajstić information content (AvgIpc) is 2.73. The standard InChI is InChI=1S/C22H24N2O5/c1-2-20(26)24-18-10-8-17(9-11-18)19(25)15-29-22(28)12-13-23-21(27)14-16-6-4-3-5-7-16/h3-11H,2,12-15H2,1H3,(H,23,27)(H,24,26). The van der Waals surface area contributed by atoms with Gasteiger partial charge in [0.1, 0.15) is 0 Å². The van der Waals surface area contributed by atoms with Crippen LogP contribution in [0.2, 0.25) is 0 Å². The van der Waals surface area contributed by atoms with Crippen LogP contribution in [0.3, 0.4) is 0 Å². The third-order valence-corrected chi connectivity index (χ3v) is 4.03. The lowest BCUT2D eigenvalue weighted by Crippen LogP contribution is -2.28. The summed E-state index contributed by atoms with van der Waals surface area (Å²) in [6.45, 7) is 1.51. The largest absolute Gasteiger partial charge is 0.457 e. The molecule has 0 bridgehead atoms. The highest BCUT2D eigenvalue weighted by atomic mass is 16.5. The minimum Gasteiger partial charge on any atom is -0.457 e. The van der Waals surface area contributed by atoms with Gasteiger partial charge in [0.05, 0.1) is 12.8 Å². The number of nitrogens with one attached hydrogen (secondary N) is 2. The number of ether oxygens (including phenoxy) is 1. The van der Waals surface area contributed by atoms with Gasteiger partial charge in [0.15, 0.2) is 12.4 Å². The number of carbonyl (C=O) groups is 4. The Bertz CT molecular complexity index is 847. The van der Waals surface area contributed by atoms with Crippen LogP contribution in [0.15, 0.2) is 54.6 Å². The van der Waals surface area contributed by atoms with Crippen LogP contribution in [0.25, 0.3) is 0 Å². The van der Waals surface area contributed by atoms with E-state index in [1.807, 2.05) is 30.3 Å². The summed E-state index contributed by atoms with van der Waals surface area (Å²) >= 11 is 0. The molecule has 7 heteroatoms. The van der Waals surface area contributed by atoms with Crippen molar-refractivity contribution in [3.8, 4) is 0 Å². The summed E-state index contributed by atoms with van der Waals surface area (Å²) in [7, 11) is 0. The van der Waals surface area contributed by atoms with Gasteiger partial charge in [-0.25, -0.2) is 0 Å². The van der Waals surface area contributed by atoms with Gasteiger partial charge < -0.3 is 15.4 Å². The number of benzene rings is 2. The van der Waals surface area contributed by atoms with Gasteiger partial charge >= 0.3 is 5.97 Å². The van der Waals surface area contributed by atoms with Crippen molar-refractivity contribution in [3.05, 3.63) is 65.7 Å². The number of amides is 2. The highest BCUT2D eigenvalue weighted by molar-refractivity contribution is 5.98. The second kappa shape index (κ2) is 11.4. The van der Waals surface area contributed by atoms with Crippen molar-refractivity contribution in [2.24, 2.45) is 0 Å². The molecule has 0 aromatic heterocycles. The average molecular weight is 396 g/mol. The van der Waals surface area contributed by atoms with Crippen LogP contribution in [0, 0.1) is 0 Å². The lowest BCUT2D eigenvalue weighted by Gasteiger charge is -2.07. The molecule has 0 aliphatic carbocycles. The molecule has 0 spiro atoms. The maximum absolute atomic E-state index is 12.1. The van der Waals surface area contributed by atoms with Gasteiger partial charge in [0.25, 0.3) is 0 Å². The van der Waals surface area contributed by atoms with Crippen LogP contribution >= 0.6 is 0 Å². The van der Waals surface area contributed by atoms with E-state index in [0.29, 0.717) is 17.7 Å². The maximum atomic E-state index is 12.1. The number of hydrogen-bond donors (Lipinski definition) is 2. The first-order valence-electron chi connectivity index (χ1n) is 9.37. The van der Waals surface area contributed by atoms with Gasteiger partial charge in [-0.15, -0.1) is 0 Å². The normalized spacial score (nSPS) is 10.1. The lowest BCUT2D eigenvalue weighted by molar-refractivity contribution is -0.142. The molecule has 0 radical (unpaired) electrons. The second-order valence-electron chi connectivity index (χ2n) is 6.33. The number of hydrogen-bond acceptors (Lipinski definition) is 5. The fourth-order valence-electron chi connectivity index (χ4n) is 2.44. The van der Waals surface area contributed by atoms with Gasteiger partial charge in [-0.3, -0.25) is 19.2 Å². The Balaban J connectivity index is 1.67. The van der Waals surface area contributed by atoms with Crippen LogP contribution in [0.1, 0.15) is 35.7 Å². The summed E-state index contributed by atoms with van der Waals surface area (Å²) in [5, 5.41) is 5.33. The van der Waals surface area contributed by atoms with Crippen LogP contribution < -0.4 is 10.6 Å². The molecule has 152 valence electrons. The minimum atomic E-state index is -0.565. The number of Topliss-reactive ketones (excluding diaryl/α,β-unsaturated/α-hetero) is 1. The van der Waals surface area contributed by atoms with Crippen molar-refractivity contribution in [3.63, 3.8) is 0 Å². The molecule has 0 saturated carbocycles. The molecule has 2 amide bonds. The van der Waals surface area contributed by atoms with Crippen molar-refractivity contribution >= 4 is 29.3 Å². The van der Waals surface area contributed by atoms with E-state index >= 15 is 0 Å². The Labute approximate surface area is 169 Å². The molecule has 2 N–H and O–H groups in total. The van der Waals surface area contributed by atoms with E-state index in [1.165, 1.54) is 0 Å². The van der Waals surface area contributed by atoms with Crippen molar-refractivity contribution in [1.82, 2.24) is 5.32 Å². The highest BCUT2D eigenvalue weighted by Gasteiger charge is 2.11. The smallest absolute Gasteiger partial charge is 0.308 e. The predicted molar refractivity (Wildman–Crippen MR) is 108 cm³/mol. The van der Waals surface area contributed by atoms with Crippen molar-refractivity contribution in [2.75, 3.05) is 18.5 Å². The summed E-state index contributed by atoms with van der Waals surface area (Å²) < 4.78 is 4.96. The van der Waals surface area contributed by atoms with E-state index in [-0.39, 0.29) is 43.6 Å². The van der Waals surface area contributed by atoms with E-state index in [2.05, 4.69) is 10.6 Å². The van der Waals surface area contributed by atoms with Crippen LogP contribution in [0.5, 0.6) is 0 Å². The van der Waals surface area contributed by atoms with Crippen LogP contribution in [0.4, 0.5) is 5.69 Å². The van der Waals surface area contributed by atoms with Crippen molar-refractivity contribution < 1.29 is 23.9 Å². The summed E-state index contributed by atoms with van der Waals surface area (Å²) in [6.07, 6.45) is 0.586. The third-order valence-electron chi connectivity index (χ3n) is 4.03. The van der Waals surface area contributed by atoms with Gasteiger partial charge in [-0.2, -0.15) is 0 Å². The monoisotopic (exact) mass is 396 g/mol. The number of rotatable bonds is 10. The van der Waals surface area contributed by atoms with Gasteiger partial charge in [0.2, 0.25) is 11.8 Å². The molecule has 0 atom stereocenters. The third kappa shape index (κ3) is 7.96. The highest BCUT2D eigenvalue weighted by Crippen LogP contribution is 2.11. The van der Waals surface area contributed by atoms with E-state index in [0.717, 1.165) is 5.56 Å². The Kier molecular flexibility index (Phi) is 8.56.